The van der Waals surface area contributed by atoms with E-state index in [1.807, 2.05) is 6.92 Å². The van der Waals surface area contributed by atoms with Gasteiger partial charge in [0.15, 0.2) is 17.5 Å². The molecular weight excluding hydrogens is 375 g/mol. The molecule has 1 aromatic carbocycles. The van der Waals surface area contributed by atoms with E-state index in [2.05, 4.69) is 21.2 Å². The maximum atomic E-state index is 13.4. The van der Waals surface area contributed by atoms with Crippen molar-refractivity contribution in [3.63, 3.8) is 0 Å². The summed E-state index contributed by atoms with van der Waals surface area (Å²) in [6.45, 7) is 2.45. The van der Waals surface area contributed by atoms with E-state index in [9.17, 15) is 13.2 Å². The van der Waals surface area contributed by atoms with Gasteiger partial charge in [-0.05, 0) is 46.2 Å². The van der Waals surface area contributed by atoms with Gasteiger partial charge in [-0.3, -0.25) is 0 Å². The Morgan fingerprint density at radius 1 is 1.25 bits per heavy atom. The zero-order valence-electron chi connectivity index (χ0n) is 10.3. The lowest BCUT2D eigenvalue weighted by Gasteiger charge is -2.17. The Hall–Kier alpha value is -0.560. The monoisotopic (exact) mass is 383 g/mol. The lowest BCUT2D eigenvalue weighted by molar-refractivity contribution is 0.443. The molecule has 1 N–H and O–H groups in total. The van der Waals surface area contributed by atoms with Crippen molar-refractivity contribution in [3.05, 3.63) is 54.9 Å². The molecule has 1 heterocycles. The van der Waals surface area contributed by atoms with Crippen molar-refractivity contribution in [1.29, 1.82) is 0 Å². The van der Waals surface area contributed by atoms with Crippen molar-refractivity contribution >= 4 is 38.9 Å². The molecule has 1 unspecified atom stereocenters. The van der Waals surface area contributed by atoms with Crippen molar-refractivity contribution in [2.45, 2.75) is 13.0 Å². The fraction of sp³-hybridized carbons (Fsp3) is 0.231. The Bertz CT molecular complexity index is 590. The van der Waals surface area contributed by atoms with E-state index in [1.165, 1.54) is 11.3 Å². The van der Waals surface area contributed by atoms with Gasteiger partial charge < -0.3 is 5.32 Å². The first-order valence-corrected chi connectivity index (χ1v) is 7.75. The van der Waals surface area contributed by atoms with Crippen LogP contribution in [-0.2, 0) is 0 Å². The van der Waals surface area contributed by atoms with Crippen LogP contribution in [0.2, 0.25) is 5.02 Å². The average molecular weight is 385 g/mol. The van der Waals surface area contributed by atoms with Gasteiger partial charge in [0.25, 0.3) is 0 Å². The van der Waals surface area contributed by atoms with E-state index >= 15 is 0 Å². The van der Waals surface area contributed by atoms with Crippen LogP contribution in [0, 0.1) is 17.5 Å². The van der Waals surface area contributed by atoms with Crippen LogP contribution in [0.4, 0.5) is 13.2 Å². The van der Waals surface area contributed by atoms with Crippen molar-refractivity contribution in [1.82, 2.24) is 5.32 Å². The van der Waals surface area contributed by atoms with Crippen molar-refractivity contribution in [2.24, 2.45) is 0 Å². The lowest BCUT2D eigenvalue weighted by atomic mass is 10.0. The second-order valence-electron chi connectivity index (χ2n) is 4.06. The number of halogens is 5. The van der Waals surface area contributed by atoms with Crippen LogP contribution < -0.4 is 5.32 Å². The molecule has 0 saturated carbocycles. The number of rotatable bonds is 4. The molecule has 0 radical (unpaired) electrons. The molecule has 1 atom stereocenters. The molecule has 0 amide bonds. The first-order chi connectivity index (χ1) is 9.43. The third-order valence-electron chi connectivity index (χ3n) is 2.70. The fourth-order valence-electron chi connectivity index (χ4n) is 1.83. The molecule has 1 aromatic heterocycles. The quantitative estimate of drug-likeness (QED) is 0.707. The number of hydrogen-bond donors (Lipinski definition) is 1. The topological polar surface area (TPSA) is 12.0 Å². The number of benzene rings is 1. The van der Waals surface area contributed by atoms with Crippen LogP contribution in [0.25, 0.3) is 0 Å². The summed E-state index contributed by atoms with van der Waals surface area (Å²) in [5.74, 6) is -3.87. The molecule has 0 saturated heterocycles. The third kappa shape index (κ3) is 3.19. The molecular formula is C13H10BrClF3NS. The van der Waals surface area contributed by atoms with Gasteiger partial charge in [-0.2, -0.15) is 0 Å². The summed E-state index contributed by atoms with van der Waals surface area (Å²) in [5, 5.41) is 3.63. The molecule has 0 aliphatic rings. The smallest absolute Gasteiger partial charge is 0.194 e. The van der Waals surface area contributed by atoms with Gasteiger partial charge in [-0.1, -0.05) is 18.5 Å². The normalized spacial score (nSPS) is 12.7. The Labute approximate surface area is 131 Å². The summed E-state index contributed by atoms with van der Waals surface area (Å²) in [7, 11) is 0. The van der Waals surface area contributed by atoms with Gasteiger partial charge in [-0.15, -0.1) is 11.3 Å². The van der Waals surface area contributed by atoms with Crippen molar-refractivity contribution < 1.29 is 13.2 Å². The summed E-state index contributed by atoms with van der Waals surface area (Å²) >= 11 is 10.6. The summed E-state index contributed by atoms with van der Waals surface area (Å²) in [5.41, 5.74) is 0.314. The van der Waals surface area contributed by atoms with Crippen molar-refractivity contribution in [3.8, 4) is 0 Å². The second kappa shape index (κ2) is 6.47. The molecule has 2 aromatic rings. The van der Waals surface area contributed by atoms with Gasteiger partial charge in [-0.25, -0.2) is 13.2 Å². The van der Waals surface area contributed by atoms with Crippen LogP contribution in [-0.4, -0.2) is 6.54 Å². The Balaban J connectivity index is 2.48. The molecule has 0 aliphatic heterocycles. The van der Waals surface area contributed by atoms with E-state index in [0.29, 0.717) is 17.1 Å². The van der Waals surface area contributed by atoms with Gasteiger partial charge in [0.1, 0.15) is 0 Å². The number of thiophene rings is 1. The van der Waals surface area contributed by atoms with Crippen molar-refractivity contribution in [2.75, 3.05) is 6.54 Å². The van der Waals surface area contributed by atoms with E-state index in [0.717, 1.165) is 20.8 Å². The highest BCUT2D eigenvalue weighted by molar-refractivity contribution is 9.11. The summed E-state index contributed by atoms with van der Waals surface area (Å²) in [6.07, 6.45) is 0. The Morgan fingerprint density at radius 3 is 2.30 bits per heavy atom. The molecule has 0 spiro atoms. The SMILES string of the molecule is CCNC(c1cc(F)c(F)c(F)c1)c1cc(Cl)c(Br)s1. The first-order valence-electron chi connectivity index (χ1n) is 5.76. The van der Waals surface area contributed by atoms with E-state index in [4.69, 9.17) is 11.6 Å². The van der Waals surface area contributed by atoms with Crippen LogP contribution in [0.3, 0.4) is 0 Å². The number of nitrogens with one attached hydrogen (secondary N) is 1. The molecule has 108 valence electrons. The third-order valence-corrected chi connectivity index (χ3v) is 5.24. The van der Waals surface area contributed by atoms with E-state index in [-0.39, 0.29) is 0 Å². The van der Waals surface area contributed by atoms with Crippen LogP contribution >= 0.6 is 38.9 Å². The van der Waals surface area contributed by atoms with Gasteiger partial charge in [0, 0.05) is 4.88 Å². The largest absolute Gasteiger partial charge is 0.306 e. The van der Waals surface area contributed by atoms with Gasteiger partial charge in [0.05, 0.1) is 14.9 Å². The predicted octanol–water partition coefficient (Wildman–Crippen LogP) is 5.28. The molecule has 7 heteroatoms. The fourth-order valence-corrected chi connectivity index (χ4v) is 3.68. The highest BCUT2D eigenvalue weighted by atomic mass is 79.9. The minimum atomic E-state index is -1.46. The molecule has 0 aliphatic carbocycles. The van der Waals surface area contributed by atoms with E-state index in [1.54, 1.807) is 6.07 Å². The highest BCUT2D eigenvalue weighted by Crippen LogP contribution is 2.37. The summed E-state index contributed by atoms with van der Waals surface area (Å²) in [6, 6.07) is 3.25. The zero-order chi connectivity index (χ0) is 14.9. The summed E-state index contributed by atoms with van der Waals surface area (Å²) < 4.78 is 40.5. The minimum absolute atomic E-state index is 0.314. The standard InChI is InChI=1S/C13H10BrClF3NS/c1-2-19-12(10-5-7(15)13(14)20-10)6-3-8(16)11(18)9(17)4-6/h3-5,12,19H,2H2,1H3. The van der Waals surface area contributed by atoms with E-state index < -0.39 is 23.5 Å². The summed E-state index contributed by atoms with van der Waals surface area (Å²) in [4.78, 5) is 0.786. The van der Waals surface area contributed by atoms with Gasteiger partial charge in [0.2, 0.25) is 0 Å². The molecule has 0 fully saturated rings. The Kier molecular flexibility index (Phi) is 5.12. The molecule has 2 rings (SSSR count). The predicted molar refractivity (Wildman–Crippen MR) is 78.9 cm³/mol. The highest BCUT2D eigenvalue weighted by Gasteiger charge is 2.21. The Morgan fingerprint density at radius 2 is 1.85 bits per heavy atom. The van der Waals surface area contributed by atoms with Crippen LogP contribution in [0.15, 0.2) is 22.0 Å². The minimum Gasteiger partial charge on any atom is -0.306 e. The average Bonchev–Trinajstić information content (AvgIpc) is 2.72. The maximum Gasteiger partial charge on any atom is 0.194 e. The first kappa shape index (κ1) is 15.8. The molecule has 1 nitrogen and oxygen atoms in total. The second-order valence-corrected chi connectivity index (χ2v) is 6.87. The van der Waals surface area contributed by atoms with Crippen LogP contribution in [0.5, 0.6) is 0 Å². The maximum absolute atomic E-state index is 13.4. The molecule has 0 bridgehead atoms. The van der Waals surface area contributed by atoms with Gasteiger partial charge >= 0.3 is 0 Å². The zero-order valence-corrected chi connectivity index (χ0v) is 13.5. The number of hydrogen-bond acceptors (Lipinski definition) is 2. The molecule has 20 heavy (non-hydrogen) atoms. The van der Waals surface area contributed by atoms with Crippen LogP contribution in [0.1, 0.15) is 23.4 Å². The lowest BCUT2D eigenvalue weighted by Crippen LogP contribution is -2.21.